The number of rotatable bonds is 4. The van der Waals surface area contributed by atoms with E-state index in [1.165, 1.54) is 0 Å². The number of hydrogen-bond donors (Lipinski definition) is 1. The number of imide groups is 1. The maximum atomic E-state index is 13.2. The van der Waals surface area contributed by atoms with E-state index in [4.69, 9.17) is 0 Å². The highest BCUT2D eigenvalue weighted by Gasteiger charge is 2.50. The quantitative estimate of drug-likeness (QED) is 0.724. The van der Waals surface area contributed by atoms with Gasteiger partial charge in [-0.15, -0.1) is 0 Å². The molecule has 2 aliphatic heterocycles. The molecular formula is C24H32N4O4. The van der Waals surface area contributed by atoms with Gasteiger partial charge < -0.3 is 15.1 Å². The van der Waals surface area contributed by atoms with Crippen molar-refractivity contribution in [2.24, 2.45) is 5.92 Å². The van der Waals surface area contributed by atoms with Gasteiger partial charge in [-0.25, -0.2) is 4.79 Å². The number of amides is 5. The standard InChI is InChI=1S/C24H32N4O4/c1-23(2,3)17-7-9-18(10-8-17)24(4)21(31)28(22(32)25-24)15-19(29)26-11-13-27(14-12-26)20(30)16-5-6-16/h7-10,16H,5-6,11-15H2,1-4H3,(H,25,32). The van der Waals surface area contributed by atoms with Gasteiger partial charge >= 0.3 is 6.03 Å². The Balaban J connectivity index is 1.39. The zero-order valence-electron chi connectivity index (χ0n) is 19.3. The minimum atomic E-state index is -1.21. The van der Waals surface area contributed by atoms with Crippen LogP contribution in [-0.4, -0.2) is 71.2 Å². The molecule has 4 rings (SSSR count). The maximum absolute atomic E-state index is 13.2. The molecule has 8 heteroatoms. The van der Waals surface area contributed by atoms with Gasteiger partial charge in [-0.3, -0.25) is 19.3 Å². The van der Waals surface area contributed by atoms with Gasteiger partial charge in [0.15, 0.2) is 0 Å². The van der Waals surface area contributed by atoms with E-state index < -0.39 is 17.5 Å². The summed E-state index contributed by atoms with van der Waals surface area (Å²) in [7, 11) is 0. The molecule has 0 radical (unpaired) electrons. The van der Waals surface area contributed by atoms with Gasteiger partial charge in [0.2, 0.25) is 11.8 Å². The molecule has 1 aliphatic carbocycles. The predicted molar refractivity (Wildman–Crippen MR) is 119 cm³/mol. The number of hydrogen-bond acceptors (Lipinski definition) is 4. The second-order valence-corrected chi connectivity index (χ2v) is 10.3. The predicted octanol–water partition coefficient (Wildman–Crippen LogP) is 1.83. The van der Waals surface area contributed by atoms with Crippen LogP contribution >= 0.6 is 0 Å². The van der Waals surface area contributed by atoms with Gasteiger partial charge in [0.25, 0.3) is 5.91 Å². The van der Waals surface area contributed by atoms with Crippen molar-refractivity contribution in [2.75, 3.05) is 32.7 Å². The van der Waals surface area contributed by atoms with Gasteiger partial charge in [0.1, 0.15) is 12.1 Å². The van der Waals surface area contributed by atoms with Crippen molar-refractivity contribution in [1.29, 1.82) is 0 Å². The topological polar surface area (TPSA) is 90.0 Å². The molecule has 1 unspecified atom stereocenters. The molecule has 1 aromatic rings. The minimum Gasteiger partial charge on any atom is -0.339 e. The molecule has 5 amide bonds. The molecule has 1 aromatic carbocycles. The molecule has 8 nitrogen and oxygen atoms in total. The summed E-state index contributed by atoms with van der Waals surface area (Å²) in [4.78, 5) is 55.3. The van der Waals surface area contributed by atoms with Gasteiger partial charge in [0, 0.05) is 32.1 Å². The Hall–Kier alpha value is -2.90. The first kappa shape index (κ1) is 22.3. The summed E-state index contributed by atoms with van der Waals surface area (Å²) < 4.78 is 0. The summed E-state index contributed by atoms with van der Waals surface area (Å²) in [6.07, 6.45) is 1.92. The number of carbonyl (C=O) groups excluding carboxylic acids is 4. The third-order valence-corrected chi connectivity index (χ3v) is 6.77. The summed E-state index contributed by atoms with van der Waals surface area (Å²) in [5.41, 5.74) is 0.594. The molecule has 0 bridgehead atoms. The Morgan fingerprint density at radius 1 is 1.00 bits per heavy atom. The van der Waals surface area contributed by atoms with Crippen molar-refractivity contribution >= 4 is 23.8 Å². The first-order valence-electron chi connectivity index (χ1n) is 11.3. The average molecular weight is 441 g/mol. The van der Waals surface area contributed by atoms with Crippen molar-refractivity contribution in [2.45, 2.75) is 51.5 Å². The van der Waals surface area contributed by atoms with Gasteiger partial charge in [0.05, 0.1) is 0 Å². The zero-order valence-corrected chi connectivity index (χ0v) is 19.3. The van der Waals surface area contributed by atoms with Crippen molar-refractivity contribution in [3.05, 3.63) is 35.4 Å². The van der Waals surface area contributed by atoms with Crippen molar-refractivity contribution in [3.8, 4) is 0 Å². The van der Waals surface area contributed by atoms with E-state index in [0.717, 1.165) is 23.3 Å². The smallest absolute Gasteiger partial charge is 0.325 e. The summed E-state index contributed by atoms with van der Waals surface area (Å²) in [5.74, 6) is -0.362. The van der Waals surface area contributed by atoms with Gasteiger partial charge in [-0.1, -0.05) is 45.0 Å². The van der Waals surface area contributed by atoms with Gasteiger partial charge in [-0.05, 0) is 36.3 Å². The van der Waals surface area contributed by atoms with E-state index in [1.54, 1.807) is 11.8 Å². The lowest BCUT2D eigenvalue weighted by Gasteiger charge is -2.35. The molecule has 3 aliphatic rings. The number of benzene rings is 1. The van der Waals surface area contributed by atoms with E-state index >= 15 is 0 Å². The first-order valence-corrected chi connectivity index (χ1v) is 11.3. The Labute approximate surface area is 188 Å². The normalized spacial score (nSPS) is 24.1. The summed E-state index contributed by atoms with van der Waals surface area (Å²) in [6, 6.07) is 7.10. The van der Waals surface area contributed by atoms with Crippen LogP contribution in [0.4, 0.5) is 4.79 Å². The summed E-state index contributed by atoms with van der Waals surface area (Å²) >= 11 is 0. The zero-order chi connectivity index (χ0) is 23.3. The fourth-order valence-corrected chi connectivity index (χ4v) is 4.34. The Bertz CT molecular complexity index is 940. The molecule has 0 aromatic heterocycles. The highest BCUT2D eigenvalue weighted by atomic mass is 16.2. The molecule has 1 atom stereocenters. The Morgan fingerprint density at radius 2 is 1.56 bits per heavy atom. The molecule has 0 spiro atoms. The molecule has 2 saturated heterocycles. The molecule has 172 valence electrons. The molecule has 2 heterocycles. The van der Waals surface area contributed by atoms with Crippen LogP contribution in [0.3, 0.4) is 0 Å². The van der Waals surface area contributed by atoms with Crippen LogP contribution in [-0.2, 0) is 25.3 Å². The number of urea groups is 1. The van der Waals surface area contributed by atoms with E-state index in [9.17, 15) is 19.2 Å². The molecule has 32 heavy (non-hydrogen) atoms. The van der Waals surface area contributed by atoms with Crippen LogP contribution in [0, 0.1) is 5.92 Å². The number of nitrogens with zero attached hydrogens (tertiary/aromatic N) is 3. The number of nitrogens with one attached hydrogen (secondary N) is 1. The molecular weight excluding hydrogens is 408 g/mol. The highest BCUT2D eigenvalue weighted by Crippen LogP contribution is 2.32. The highest BCUT2D eigenvalue weighted by molar-refractivity contribution is 6.09. The lowest BCUT2D eigenvalue weighted by atomic mass is 9.84. The second kappa shape index (κ2) is 7.90. The fourth-order valence-electron chi connectivity index (χ4n) is 4.34. The largest absolute Gasteiger partial charge is 0.339 e. The van der Waals surface area contributed by atoms with E-state index in [1.807, 2.05) is 29.2 Å². The van der Waals surface area contributed by atoms with Crippen LogP contribution in [0.25, 0.3) is 0 Å². The van der Waals surface area contributed by atoms with Crippen molar-refractivity contribution in [3.63, 3.8) is 0 Å². The van der Waals surface area contributed by atoms with Crippen LogP contribution < -0.4 is 5.32 Å². The van der Waals surface area contributed by atoms with Crippen LogP contribution in [0.5, 0.6) is 0 Å². The average Bonchev–Trinajstić information content (AvgIpc) is 3.58. The fraction of sp³-hybridized carbons (Fsp3) is 0.583. The van der Waals surface area contributed by atoms with Crippen molar-refractivity contribution in [1.82, 2.24) is 20.0 Å². The van der Waals surface area contributed by atoms with E-state index in [-0.39, 0.29) is 29.7 Å². The number of piperazine rings is 1. The summed E-state index contributed by atoms with van der Waals surface area (Å²) in [6.45, 7) is 9.56. The number of carbonyl (C=O) groups is 4. The first-order chi connectivity index (χ1) is 15.0. The SMILES string of the molecule is CC(C)(C)c1ccc(C2(C)NC(=O)N(CC(=O)N3CCN(C(=O)C4CC4)CC3)C2=O)cc1. The van der Waals surface area contributed by atoms with E-state index in [2.05, 4.69) is 26.1 Å². The van der Waals surface area contributed by atoms with Crippen LogP contribution in [0.1, 0.15) is 51.7 Å². The summed E-state index contributed by atoms with van der Waals surface area (Å²) in [5, 5.41) is 2.77. The third kappa shape index (κ3) is 4.10. The lowest BCUT2D eigenvalue weighted by Crippen LogP contribution is -2.53. The van der Waals surface area contributed by atoms with E-state index in [0.29, 0.717) is 31.7 Å². The maximum Gasteiger partial charge on any atom is 0.325 e. The molecule has 1 saturated carbocycles. The monoisotopic (exact) mass is 440 g/mol. The minimum absolute atomic E-state index is 0.0197. The molecule has 3 fully saturated rings. The second-order valence-electron chi connectivity index (χ2n) is 10.3. The third-order valence-electron chi connectivity index (χ3n) is 6.77. The molecule has 1 N–H and O–H groups in total. The Kier molecular flexibility index (Phi) is 5.51. The van der Waals surface area contributed by atoms with Crippen LogP contribution in [0.15, 0.2) is 24.3 Å². The van der Waals surface area contributed by atoms with Crippen LogP contribution in [0.2, 0.25) is 0 Å². The lowest BCUT2D eigenvalue weighted by molar-refractivity contribution is -0.142. The Morgan fingerprint density at radius 3 is 2.09 bits per heavy atom. The van der Waals surface area contributed by atoms with Gasteiger partial charge in [-0.2, -0.15) is 0 Å². The van der Waals surface area contributed by atoms with Crippen molar-refractivity contribution < 1.29 is 19.2 Å².